The first-order chi connectivity index (χ1) is 8.22. The van der Waals surface area contributed by atoms with E-state index in [1.807, 2.05) is 43.3 Å². The van der Waals surface area contributed by atoms with Gasteiger partial charge in [-0.2, -0.15) is 0 Å². The van der Waals surface area contributed by atoms with Crippen LogP contribution in [0.4, 0.5) is 0 Å². The summed E-state index contributed by atoms with van der Waals surface area (Å²) in [4.78, 5) is 12.2. The Balaban J connectivity index is 2.33. The van der Waals surface area contributed by atoms with E-state index in [0.717, 1.165) is 33.6 Å². The van der Waals surface area contributed by atoms with Crippen molar-refractivity contribution in [2.75, 3.05) is 7.11 Å². The molecule has 0 aromatic heterocycles. The first-order valence-corrected chi connectivity index (χ1v) is 5.55. The molecular formula is C15H12O2. The third kappa shape index (κ3) is 1.30. The molecule has 84 valence electrons. The van der Waals surface area contributed by atoms with E-state index in [9.17, 15) is 4.79 Å². The Morgan fingerprint density at radius 3 is 2.35 bits per heavy atom. The van der Waals surface area contributed by atoms with Crippen molar-refractivity contribution in [1.29, 1.82) is 0 Å². The lowest BCUT2D eigenvalue weighted by Gasteiger charge is -2.07. The number of benzene rings is 2. The van der Waals surface area contributed by atoms with Crippen LogP contribution in [0.15, 0.2) is 36.4 Å². The highest BCUT2D eigenvalue weighted by atomic mass is 16.5. The minimum absolute atomic E-state index is 0.112. The van der Waals surface area contributed by atoms with Gasteiger partial charge in [-0.25, -0.2) is 0 Å². The highest BCUT2D eigenvalue weighted by Gasteiger charge is 2.27. The molecule has 0 atom stereocenters. The summed E-state index contributed by atoms with van der Waals surface area (Å²) in [5.74, 6) is 0.939. The molecule has 3 rings (SSSR count). The summed E-state index contributed by atoms with van der Waals surface area (Å²) in [7, 11) is 1.65. The standard InChI is InChI=1S/C15H12O2/c1-9-7-13-12(8-14(9)17-2)10-5-3-4-6-11(10)15(13)16/h3-8H,1-2H3. The van der Waals surface area contributed by atoms with Crippen molar-refractivity contribution in [2.24, 2.45) is 0 Å². The number of ketones is 1. The highest BCUT2D eigenvalue weighted by Crippen LogP contribution is 2.39. The maximum Gasteiger partial charge on any atom is 0.194 e. The van der Waals surface area contributed by atoms with Gasteiger partial charge in [0.05, 0.1) is 7.11 Å². The summed E-state index contributed by atoms with van der Waals surface area (Å²) in [6.45, 7) is 1.95. The Hall–Kier alpha value is -2.09. The number of ether oxygens (including phenoxy) is 1. The van der Waals surface area contributed by atoms with Gasteiger partial charge in [-0.1, -0.05) is 24.3 Å². The average molecular weight is 224 g/mol. The lowest BCUT2D eigenvalue weighted by Crippen LogP contribution is -1.96. The predicted molar refractivity (Wildman–Crippen MR) is 66.6 cm³/mol. The van der Waals surface area contributed by atoms with E-state index in [-0.39, 0.29) is 5.78 Å². The van der Waals surface area contributed by atoms with Gasteiger partial charge in [0.2, 0.25) is 0 Å². The number of rotatable bonds is 1. The highest BCUT2D eigenvalue weighted by molar-refractivity contribution is 6.21. The monoisotopic (exact) mass is 224 g/mol. The molecule has 1 aliphatic rings. The fourth-order valence-electron chi connectivity index (χ4n) is 2.38. The van der Waals surface area contributed by atoms with Crippen LogP contribution in [-0.4, -0.2) is 12.9 Å². The third-order valence-corrected chi connectivity index (χ3v) is 3.24. The van der Waals surface area contributed by atoms with Gasteiger partial charge in [0.25, 0.3) is 0 Å². The van der Waals surface area contributed by atoms with Gasteiger partial charge in [0.1, 0.15) is 5.75 Å². The average Bonchev–Trinajstić information content (AvgIpc) is 2.63. The van der Waals surface area contributed by atoms with E-state index < -0.39 is 0 Å². The predicted octanol–water partition coefficient (Wildman–Crippen LogP) is 3.22. The molecule has 2 aromatic rings. The Morgan fingerprint density at radius 1 is 0.941 bits per heavy atom. The minimum atomic E-state index is 0.112. The van der Waals surface area contributed by atoms with Gasteiger partial charge in [0, 0.05) is 11.1 Å². The second-order valence-corrected chi connectivity index (χ2v) is 4.24. The van der Waals surface area contributed by atoms with Crippen molar-refractivity contribution in [3.8, 4) is 16.9 Å². The van der Waals surface area contributed by atoms with E-state index in [1.54, 1.807) is 7.11 Å². The summed E-state index contributed by atoms with van der Waals surface area (Å²) >= 11 is 0. The number of fused-ring (bicyclic) bond motifs is 3. The van der Waals surface area contributed by atoms with Crippen LogP contribution in [0.2, 0.25) is 0 Å². The molecule has 0 aliphatic heterocycles. The quantitative estimate of drug-likeness (QED) is 0.634. The summed E-state index contributed by atoms with van der Waals surface area (Å²) < 4.78 is 5.31. The summed E-state index contributed by atoms with van der Waals surface area (Å²) in [5.41, 5.74) is 4.55. The fraction of sp³-hybridized carbons (Fsp3) is 0.133. The number of hydrogen-bond acceptors (Lipinski definition) is 2. The van der Waals surface area contributed by atoms with Crippen molar-refractivity contribution in [3.63, 3.8) is 0 Å². The van der Waals surface area contributed by atoms with E-state index >= 15 is 0 Å². The van der Waals surface area contributed by atoms with E-state index in [0.29, 0.717) is 0 Å². The molecule has 0 bridgehead atoms. The van der Waals surface area contributed by atoms with Gasteiger partial charge >= 0.3 is 0 Å². The summed E-state index contributed by atoms with van der Waals surface area (Å²) in [5, 5.41) is 0. The maximum absolute atomic E-state index is 12.2. The molecule has 0 unspecified atom stereocenters. The Kier molecular flexibility index (Phi) is 2.05. The van der Waals surface area contributed by atoms with Crippen molar-refractivity contribution >= 4 is 5.78 Å². The molecule has 0 heterocycles. The van der Waals surface area contributed by atoms with Crippen LogP contribution in [0.25, 0.3) is 11.1 Å². The first-order valence-electron chi connectivity index (χ1n) is 5.55. The van der Waals surface area contributed by atoms with Crippen molar-refractivity contribution in [2.45, 2.75) is 6.92 Å². The maximum atomic E-state index is 12.2. The van der Waals surface area contributed by atoms with Gasteiger partial charge < -0.3 is 4.74 Å². The molecule has 0 saturated carbocycles. The zero-order valence-electron chi connectivity index (χ0n) is 9.78. The van der Waals surface area contributed by atoms with Crippen LogP contribution >= 0.6 is 0 Å². The second kappa shape index (κ2) is 3.45. The molecule has 0 fully saturated rings. The fourth-order valence-corrected chi connectivity index (χ4v) is 2.38. The first kappa shape index (κ1) is 10.1. The van der Waals surface area contributed by atoms with Crippen molar-refractivity contribution in [3.05, 3.63) is 53.1 Å². The van der Waals surface area contributed by atoms with Crippen molar-refractivity contribution < 1.29 is 9.53 Å². The van der Waals surface area contributed by atoms with E-state index in [2.05, 4.69) is 0 Å². The molecule has 0 N–H and O–H groups in total. The molecule has 2 nitrogen and oxygen atoms in total. The third-order valence-electron chi connectivity index (χ3n) is 3.24. The summed E-state index contributed by atoms with van der Waals surface area (Å²) in [6, 6.07) is 11.6. The molecule has 0 saturated heterocycles. The van der Waals surface area contributed by atoms with Gasteiger partial charge in [-0.3, -0.25) is 4.79 Å². The number of carbonyl (C=O) groups excluding carboxylic acids is 1. The van der Waals surface area contributed by atoms with Crippen LogP contribution in [0.1, 0.15) is 21.5 Å². The molecule has 17 heavy (non-hydrogen) atoms. The molecular weight excluding hydrogens is 212 g/mol. The van der Waals surface area contributed by atoms with Crippen LogP contribution in [-0.2, 0) is 0 Å². The SMILES string of the molecule is COc1cc2c(cc1C)C(=O)c1ccccc1-2. The number of aryl methyl sites for hydroxylation is 1. The second-order valence-electron chi connectivity index (χ2n) is 4.24. The number of methoxy groups -OCH3 is 1. The Labute approximate surface area is 99.9 Å². The van der Waals surface area contributed by atoms with Crippen LogP contribution in [0, 0.1) is 6.92 Å². The zero-order valence-corrected chi connectivity index (χ0v) is 9.78. The van der Waals surface area contributed by atoms with E-state index in [4.69, 9.17) is 4.74 Å². The Morgan fingerprint density at radius 2 is 1.65 bits per heavy atom. The summed E-state index contributed by atoms with van der Waals surface area (Å²) in [6.07, 6.45) is 0. The lowest BCUT2D eigenvalue weighted by atomic mass is 10.0. The van der Waals surface area contributed by atoms with Crippen LogP contribution in [0.3, 0.4) is 0 Å². The van der Waals surface area contributed by atoms with Crippen LogP contribution < -0.4 is 4.74 Å². The molecule has 1 aliphatic carbocycles. The molecule has 0 amide bonds. The van der Waals surface area contributed by atoms with Gasteiger partial charge in [-0.05, 0) is 35.7 Å². The molecule has 2 heteroatoms. The largest absolute Gasteiger partial charge is 0.496 e. The lowest BCUT2D eigenvalue weighted by molar-refractivity contribution is 0.104. The molecule has 0 spiro atoms. The topological polar surface area (TPSA) is 26.3 Å². The van der Waals surface area contributed by atoms with Gasteiger partial charge in [0.15, 0.2) is 5.78 Å². The van der Waals surface area contributed by atoms with Crippen molar-refractivity contribution in [1.82, 2.24) is 0 Å². The molecule has 2 aromatic carbocycles. The normalized spacial score (nSPS) is 12.2. The Bertz CT molecular complexity index is 627. The number of hydrogen-bond donors (Lipinski definition) is 0. The van der Waals surface area contributed by atoms with Gasteiger partial charge in [-0.15, -0.1) is 0 Å². The molecule has 0 radical (unpaired) electrons. The number of carbonyl (C=O) groups is 1. The minimum Gasteiger partial charge on any atom is -0.496 e. The smallest absolute Gasteiger partial charge is 0.194 e. The zero-order chi connectivity index (χ0) is 12.0. The van der Waals surface area contributed by atoms with Crippen LogP contribution in [0.5, 0.6) is 5.75 Å². The van der Waals surface area contributed by atoms with E-state index in [1.165, 1.54) is 0 Å².